The number of hydrogen-bond donors (Lipinski definition) is 1. The molecule has 3 atom stereocenters. The first-order chi connectivity index (χ1) is 9.38. The topological polar surface area (TPSA) is 63.6 Å². The summed E-state index contributed by atoms with van der Waals surface area (Å²) in [4.78, 5) is 23.4. The van der Waals surface area contributed by atoms with Crippen LogP contribution in [0.3, 0.4) is 0 Å². The van der Waals surface area contributed by atoms with Crippen molar-refractivity contribution < 1.29 is 19.4 Å². The molecule has 0 amide bonds. The van der Waals surface area contributed by atoms with Crippen molar-refractivity contribution in [3.05, 3.63) is 23.3 Å². The fraction of sp³-hybridized carbons (Fsp3) is 0.625. The van der Waals surface area contributed by atoms with Gasteiger partial charge in [-0.2, -0.15) is 0 Å². The lowest BCUT2D eigenvalue weighted by Gasteiger charge is -2.53. The number of carboxylic acid groups (broad SMARTS) is 1. The maximum Gasteiger partial charge on any atom is 0.336 e. The Hall–Kier alpha value is -1.42. The minimum atomic E-state index is -1.17. The van der Waals surface area contributed by atoms with E-state index in [1.807, 2.05) is 0 Å². The maximum absolute atomic E-state index is 11.8. The molecule has 4 nitrogen and oxygen atoms in total. The van der Waals surface area contributed by atoms with Crippen LogP contribution in [0.4, 0.5) is 0 Å². The molecule has 2 aliphatic carbocycles. The molecule has 3 aliphatic rings. The Morgan fingerprint density at radius 3 is 2.85 bits per heavy atom. The lowest BCUT2D eigenvalue weighted by molar-refractivity contribution is -0.193. The number of fused-ring (bicyclic) bond motifs is 3. The van der Waals surface area contributed by atoms with Crippen LogP contribution in [0.5, 0.6) is 0 Å². The van der Waals surface area contributed by atoms with E-state index in [-0.39, 0.29) is 17.1 Å². The van der Waals surface area contributed by atoms with E-state index in [1.54, 1.807) is 13.0 Å². The number of carbonyl (C=O) groups is 2. The molecule has 4 heteroatoms. The fourth-order valence-electron chi connectivity index (χ4n) is 4.10. The van der Waals surface area contributed by atoms with Crippen LogP contribution in [0, 0.1) is 11.3 Å². The molecule has 0 spiro atoms. The maximum atomic E-state index is 11.8. The molecule has 0 aromatic heterocycles. The standard InChI is InChI=1S/C16H20O4/c1-15-7-8-20-16(2,14(18)19)13(15)6-4-10-3-5-11(17)9-12(10)15/h4,9,13H,3,5-8H2,1-2H3,(H,18,19)/t13?,15?,16-/m0/s1. The smallest absolute Gasteiger partial charge is 0.336 e. The molecular weight excluding hydrogens is 256 g/mol. The molecule has 0 bridgehead atoms. The van der Waals surface area contributed by atoms with Crippen LogP contribution in [0.25, 0.3) is 0 Å². The highest BCUT2D eigenvalue weighted by atomic mass is 16.5. The Labute approximate surface area is 118 Å². The summed E-state index contributed by atoms with van der Waals surface area (Å²) in [6, 6.07) is 0. The molecule has 0 radical (unpaired) electrons. The van der Waals surface area contributed by atoms with Crippen molar-refractivity contribution in [1.82, 2.24) is 0 Å². The van der Waals surface area contributed by atoms with Crippen LogP contribution >= 0.6 is 0 Å². The number of carboxylic acids is 1. The molecule has 1 N–H and O–H groups in total. The van der Waals surface area contributed by atoms with Gasteiger partial charge in [-0.05, 0) is 43.4 Å². The zero-order valence-electron chi connectivity index (χ0n) is 11.9. The quantitative estimate of drug-likeness (QED) is 0.799. The van der Waals surface area contributed by atoms with Crippen molar-refractivity contribution in [1.29, 1.82) is 0 Å². The summed E-state index contributed by atoms with van der Waals surface area (Å²) in [6.07, 6.45) is 6.70. The molecule has 108 valence electrons. The van der Waals surface area contributed by atoms with Gasteiger partial charge in [-0.3, -0.25) is 4.79 Å². The predicted octanol–water partition coefficient (Wildman–Crippen LogP) is 2.49. The molecule has 0 aromatic carbocycles. The molecule has 1 aliphatic heterocycles. The fourth-order valence-corrected chi connectivity index (χ4v) is 4.10. The minimum Gasteiger partial charge on any atom is -0.479 e. The van der Waals surface area contributed by atoms with Crippen LogP contribution in [0.1, 0.15) is 39.5 Å². The molecule has 0 saturated carbocycles. The first-order valence-electron chi connectivity index (χ1n) is 7.20. The van der Waals surface area contributed by atoms with Crippen molar-refractivity contribution in [3.63, 3.8) is 0 Å². The second-order valence-corrected chi connectivity index (χ2v) is 6.47. The third-order valence-electron chi connectivity index (χ3n) is 5.39. The van der Waals surface area contributed by atoms with Crippen LogP contribution < -0.4 is 0 Å². The van der Waals surface area contributed by atoms with Gasteiger partial charge in [-0.1, -0.05) is 13.0 Å². The van der Waals surface area contributed by atoms with Gasteiger partial charge >= 0.3 is 5.97 Å². The Bertz CT molecular complexity index is 545. The molecular formula is C16H20O4. The van der Waals surface area contributed by atoms with Crippen molar-refractivity contribution >= 4 is 11.8 Å². The SMILES string of the molecule is CC12CCO[C@](C)(C(=O)O)C1CC=C1CCC(=O)C=C12. The number of rotatable bonds is 1. The van der Waals surface area contributed by atoms with E-state index in [0.29, 0.717) is 19.4 Å². The first-order valence-corrected chi connectivity index (χ1v) is 7.20. The summed E-state index contributed by atoms with van der Waals surface area (Å²) < 4.78 is 5.63. The average molecular weight is 276 g/mol. The third-order valence-corrected chi connectivity index (χ3v) is 5.39. The summed E-state index contributed by atoms with van der Waals surface area (Å²) >= 11 is 0. The van der Waals surface area contributed by atoms with E-state index < -0.39 is 11.6 Å². The highest BCUT2D eigenvalue weighted by Crippen LogP contribution is 2.56. The summed E-state index contributed by atoms with van der Waals surface area (Å²) in [5, 5.41) is 9.57. The van der Waals surface area contributed by atoms with Gasteiger partial charge in [-0.15, -0.1) is 0 Å². The van der Waals surface area contributed by atoms with E-state index in [9.17, 15) is 14.7 Å². The van der Waals surface area contributed by atoms with Crippen molar-refractivity contribution in [3.8, 4) is 0 Å². The Balaban J connectivity index is 2.11. The molecule has 20 heavy (non-hydrogen) atoms. The molecule has 0 aromatic rings. The number of allylic oxidation sites excluding steroid dienone is 4. The van der Waals surface area contributed by atoms with Gasteiger partial charge in [0.25, 0.3) is 0 Å². The van der Waals surface area contributed by atoms with E-state index >= 15 is 0 Å². The first kappa shape index (κ1) is 13.6. The molecule has 1 saturated heterocycles. The second-order valence-electron chi connectivity index (χ2n) is 6.47. The van der Waals surface area contributed by atoms with Crippen molar-refractivity contribution in [2.45, 2.75) is 45.1 Å². The van der Waals surface area contributed by atoms with Gasteiger partial charge in [0.15, 0.2) is 11.4 Å². The normalized spacial score (nSPS) is 40.3. The summed E-state index contributed by atoms with van der Waals surface area (Å²) in [5.74, 6) is -0.877. The Morgan fingerprint density at radius 2 is 2.15 bits per heavy atom. The van der Waals surface area contributed by atoms with Gasteiger partial charge < -0.3 is 9.84 Å². The van der Waals surface area contributed by atoms with E-state index in [4.69, 9.17) is 4.74 Å². The van der Waals surface area contributed by atoms with Gasteiger partial charge in [0.2, 0.25) is 0 Å². The van der Waals surface area contributed by atoms with Gasteiger partial charge in [0.1, 0.15) is 0 Å². The number of ketones is 1. The number of hydrogen-bond acceptors (Lipinski definition) is 3. The van der Waals surface area contributed by atoms with Gasteiger partial charge in [0, 0.05) is 24.4 Å². The van der Waals surface area contributed by atoms with E-state index in [1.165, 1.54) is 5.57 Å². The molecule has 1 fully saturated rings. The third kappa shape index (κ3) is 1.71. The average Bonchev–Trinajstić information content (AvgIpc) is 2.39. The molecule has 1 heterocycles. The zero-order chi connectivity index (χ0) is 14.5. The highest BCUT2D eigenvalue weighted by molar-refractivity contribution is 5.93. The summed E-state index contributed by atoms with van der Waals surface area (Å²) in [5.41, 5.74) is 0.848. The van der Waals surface area contributed by atoms with Crippen molar-refractivity contribution in [2.75, 3.05) is 6.61 Å². The largest absolute Gasteiger partial charge is 0.479 e. The van der Waals surface area contributed by atoms with Crippen LogP contribution in [-0.4, -0.2) is 29.1 Å². The van der Waals surface area contributed by atoms with E-state index in [2.05, 4.69) is 13.0 Å². The van der Waals surface area contributed by atoms with Gasteiger partial charge in [-0.25, -0.2) is 4.79 Å². The highest BCUT2D eigenvalue weighted by Gasteiger charge is 2.57. The van der Waals surface area contributed by atoms with Crippen LogP contribution in [-0.2, 0) is 14.3 Å². The zero-order valence-corrected chi connectivity index (χ0v) is 11.9. The lowest BCUT2D eigenvalue weighted by atomic mass is 9.55. The Kier molecular flexibility index (Phi) is 2.91. The molecule has 3 rings (SSSR count). The minimum absolute atomic E-state index is 0.123. The number of carbonyl (C=O) groups excluding carboxylic acids is 1. The summed E-state index contributed by atoms with van der Waals surface area (Å²) in [6.45, 7) is 4.19. The summed E-state index contributed by atoms with van der Waals surface area (Å²) in [7, 11) is 0. The lowest BCUT2D eigenvalue weighted by Crippen LogP contribution is -2.57. The van der Waals surface area contributed by atoms with Gasteiger partial charge in [0.05, 0.1) is 0 Å². The van der Waals surface area contributed by atoms with Crippen LogP contribution in [0.2, 0.25) is 0 Å². The number of ether oxygens (including phenoxy) is 1. The molecule has 2 unspecified atom stereocenters. The Morgan fingerprint density at radius 1 is 1.40 bits per heavy atom. The van der Waals surface area contributed by atoms with Crippen molar-refractivity contribution in [2.24, 2.45) is 11.3 Å². The monoisotopic (exact) mass is 276 g/mol. The number of aliphatic carboxylic acids is 1. The second kappa shape index (κ2) is 4.29. The predicted molar refractivity (Wildman–Crippen MR) is 73.2 cm³/mol. The van der Waals surface area contributed by atoms with Crippen LogP contribution in [0.15, 0.2) is 23.3 Å². The van der Waals surface area contributed by atoms with E-state index in [0.717, 1.165) is 18.4 Å².